The summed E-state index contributed by atoms with van der Waals surface area (Å²) in [5.74, 6) is 0.855. The third kappa shape index (κ3) is 5.03. The van der Waals surface area contributed by atoms with Gasteiger partial charge in [-0.15, -0.1) is 0 Å². The van der Waals surface area contributed by atoms with Crippen molar-refractivity contribution in [2.45, 2.75) is 25.9 Å². The van der Waals surface area contributed by atoms with Gasteiger partial charge in [0.2, 0.25) is 0 Å². The molecule has 0 aliphatic heterocycles. The molecule has 0 fully saturated rings. The van der Waals surface area contributed by atoms with Crippen molar-refractivity contribution in [1.29, 1.82) is 0 Å². The van der Waals surface area contributed by atoms with Gasteiger partial charge in [0.05, 0.1) is 11.6 Å². The molecule has 21 heavy (non-hydrogen) atoms. The zero-order valence-electron chi connectivity index (χ0n) is 12.2. The van der Waals surface area contributed by atoms with E-state index in [0.717, 1.165) is 28.2 Å². The molecule has 0 radical (unpaired) electrons. The van der Waals surface area contributed by atoms with E-state index in [4.69, 9.17) is 16.3 Å². The van der Waals surface area contributed by atoms with E-state index in [1.54, 1.807) is 7.11 Å². The zero-order chi connectivity index (χ0) is 15.2. The lowest BCUT2D eigenvalue weighted by Crippen LogP contribution is -2.27. The average Bonchev–Trinajstić information content (AvgIpc) is 2.48. The maximum atomic E-state index is 5.90. The van der Waals surface area contributed by atoms with E-state index >= 15 is 0 Å². The van der Waals surface area contributed by atoms with E-state index in [9.17, 15) is 0 Å². The lowest BCUT2D eigenvalue weighted by molar-refractivity contribution is 0.412. The Morgan fingerprint density at radius 3 is 2.43 bits per heavy atom. The van der Waals surface area contributed by atoms with Crippen LogP contribution in [0.4, 0.5) is 0 Å². The Labute approximate surface area is 139 Å². The van der Waals surface area contributed by atoms with E-state index in [0.29, 0.717) is 6.04 Å². The minimum atomic E-state index is 0.395. The van der Waals surface area contributed by atoms with E-state index in [-0.39, 0.29) is 0 Å². The van der Waals surface area contributed by atoms with Crippen LogP contribution >= 0.6 is 27.5 Å². The minimum Gasteiger partial charge on any atom is -0.496 e. The fourth-order valence-corrected chi connectivity index (χ4v) is 2.87. The summed E-state index contributed by atoms with van der Waals surface area (Å²) in [5.41, 5.74) is 2.51. The fraction of sp³-hybridized carbons (Fsp3) is 0.294. The highest BCUT2D eigenvalue weighted by atomic mass is 79.9. The number of rotatable bonds is 6. The SMILES string of the molecule is COc1ccc(CNC(C)Cc2ccc(Cl)cc2)cc1Br. The van der Waals surface area contributed by atoms with Crippen LogP contribution in [0.1, 0.15) is 18.1 Å². The van der Waals surface area contributed by atoms with Crippen LogP contribution in [0.5, 0.6) is 5.75 Å². The van der Waals surface area contributed by atoms with Gasteiger partial charge < -0.3 is 10.1 Å². The van der Waals surface area contributed by atoms with E-state index in [2.05, 4.69) is 52.4 Å². The van der Waals surface area contributed by atoms with Crippen molar-refractivity contribution in [2.24, 2.45) is 0 Å². The average molecular weight is 369 g/mol. The normalized spacial score (nSPS) is 12.2. The topological polar surface area (TPSA) is 21.3 Å². The quantitative estimate of drug-likeness (QED) is 0.788. The second-order valence-electron chi connectivity index (χ2n) is 5.08. The molecule has 0 spiro atoms. The van der Waals surface area contributed by atoms with E-state index in [1.807, 2.05) is 18.2 Å². The molecule has 0 amide bonds. The minimum absolute atomic E-state index is 0.395. The van der Waals surface area contributed by atoms with Gasteiger partial charge in [0.25, 0.3) is 0 Å². The van der Waals surface area contributed by atoms with Gasteiger partial charge in [-0.3, -0.25) is 0 Å². The summed E-state index contributed by atoms with van der Waals surface area (Å²) in [7, 11) is 1.67. The molecule has 2 aromatic carbocycles. The first-order valence-electron chi connectivity index (χ1n) is 6.88. The highest BCUT2D eigenvalue weighted by Crippen LogP contribution is 2.25. The van der Waals surface area contributed by atoms with Crippen LogP contribution in [0.2, 0.25) is 5.02 Å². The molecule has 2 rings (SSSR count). The number of methoxy groups -OCH3 is 1. The maximum absolute atomic E-state index is 5.90. The number of benzene rings is 2. The third-order valence-electron chi connectivity index (χ3n) is 3.33. The maximum Gasteiger partial charge on any atom is 0.133 e. The van der Waals surface area contributed by atoms with Crippen molar-refractivity contribution in [2.75, 3.05) is 7.11 Å². The molecule has 1 atom stereocenters. The molecule has 1 N–H and O–H groups in total. The molecule has 0 aliphatic carbocycles. The third-order valence-corrected chi connectivity index (χ3v) is 4.20. The second-order valence-corrected chi connectivity index (χ2v) is 6.37. The zero-order valence-corrected chi connectivity index (χ0v) is 14.5. The Morgan fingerprint density at radius 2 is 1.81 bits per heavy atom. The van der Waals surface area contributed by atoms with Crippen molar-refractivity contribution in [3.63, 3.8) is 0 Å². The Kier molecular flexibility index (Phi) is 6.09. The number of hydrogen-bond donors (Lipinski definition) is 1. The molecule has 0 aromatic heterocycles. The molecule has 2 aromatic rings. The van der Waals surface area contributed by atoms with Crippen molar-refractivity contribution < 1.29 is 4.74 Å². The molecule has 0 saturated carbocycles. The van der Waals surface area contributed by atoms with Gasteiger partial charge in [-0.05, 0) is 64.7 Å². The van der Waals surface area contributed by atoms with Crippen LogP contribution < -0.4 is 10.1 Å². The summed E-state index contributed by atoms with van der Waals surface area (Å²) < 4.78 is 6.22. The van der Waals surface area contributed by atoms with E-state index in [1.165, 1.54) is 11.1 Å². The van der Waals surface area contributed by atoms with Gasteiger partial charge in [-0.2, -0.15) is 0 Å². The molecule has 1 unspecified atom stereocenters. The molecule has 0 aliphatic rings. The summed E-state index contributed by atoms with van der Waals surface area (Å²) in [4.78, 5) is 0. The Balaban J connectivity index is 1.87. The monoisotopic (exact) mass is 367 g/mol. The van der Waals surface area contributed by atoms with Crippen molar-refractivity contribution in [3.05, 3.63) is 63.1 Å². The Bertz CT molecular complexity index is 586. The van der Waals surface area contributed by atoms with Gasteiger partial charge in [0, 0.05) is 17.6 Å². The lowest BCUT2D eigenvalue weighted by atomic mass is 10.1. The highest BCUT2D eigenvalue weighted by Gasteiger charge is 2.05. The van der Waals surface area contributed by atoms with Gasteiger partial charge in [-0.25, -0.2) is 0 Å². The first-order valence-corrected chi connectivity index (χ1v) is 8.06. The number of hydrogen-bond acceptors (Lipinski definition) is 2. The smallest absolute Gasteiger partial charge is 0.133 e. The van der Waals surface area contributed by atoms with Crippen molar-refractivity contribution >= 4 is 27.5 Å². The molecular formula is C17H19BrClNO. The number of nitrogens with one attached hydrogen (secondary N) is 1. The Morgan fingerprint density at radius 1 is 1.14 bits per heavy atom. The van der Waals surface area contributed by atoms with Crippen LogP contribution in [-0.2, 0) is 13.0 Å². The van der Waals surface area contributed by atoms with E-state index < -0.39 is 0 Å². The molecule has 112 valence electrons. The largest absolute Gasteiger partial charge is 0.496 e. The molecular weight excluding hydrogens is 350 g/mol. The van der Waals surface area contributed by atoms with Crippen LogP contribution in [0.25, 0.3) is 0 Å². The number of halogens is 2. The summed E-state index contributed by atoms with van der Waals surface area (Å²) in [6, 6.07) is 14.5. The van der Waals surface area contributed by atoms with Gasteiger partial charge in [-0.1, -0.05) is 29.8 Å². The fourth-order valence-electron chi connectivity index (χ4n) is 2.16. The van der Waals surface area contributed by atoms with Crippen LogP contribution in [0.15, 0.2) is 46.9 Å². The van der Waals surface area contributed by atoms with Crippen molar-refractivity contribution in [3.8, 4) is 5.75 Å². The Hall–Kier alpha value is -1.03. The second kappa shape index (κ2) is 7.83. The number of ether oxygens (including phenoxy) is 1. The molecule has 0 bridgehead atoms. The summed E-state index contributed by atoms with van der Waals surface area (Å²) >= 11 is 9.41. The van der Waals surface area contributed by atoms with Crippen LogP contribution in [-0.4, -0.2) is 13.2 Å². The summed E-state index contributed by atoms with van der Waals surface area (Å²) in [5, 5.41) is 4.31. The first-order chi connectivity index (χ1) is 10.1. The molecule has 4 heteroatoms. The lowest BCUT2D eigenvalue weighted by Gasteiger charge is -2.14. The summed E-state index contributed by atoms with van der Waals surface area (Å²) in [6.45, 7) is 3.02. The van der Waals surface area contributed by atoms with Crippen LogP contribution in [0, 0.1) is 0 Å². The van der Waals surface area contributed by atoms with Gasteiger partial charge >= 0.3 is 0 Å². The predicted octanol–water partition coefficient (Wildman–Crippen LogP) is 4.83. The summed E-state index contributed by atoms with van der Waals surface area (Å²) in [6.07, 6.45) is 0.981. The van der Waals surface area contributed by atoms with Gasteiger partial charge in [0.15, 0.2) is 0 Å². The van der Waals surface area contributed by atoms with Crippen molar-refractivity contribution in [1.82, 2.24) is 5.32 Å². The molecule has 0 saturated heterocycles. The highest BCUT2D eigenvalue weighted by molar-refractivity contribution is 9.10. The van der Waals surface area contributed by atoms with Crippen LogP contribution in [0.3, 0.4) is 0 Å². The molecule has 0 heterocycles. The van der Waals surface area contributed by atoms with Gasteiger partial charge in [0.1, 0.15) is 5.75 Å². The standard InChI is InChI=1S/C17H19BrClNO/c1-12(9-13-3-6-15(19)7-4-13)20-11-14-5-8-17(21-2)16(18)10-14/h3-8,10,12,20H,9,11H2,1-2H3. The predicted molar refractivity (Wildman–Crippen MR) is 92.2 cm³/mol. The molecule has 2 nitrogen and oxygen atoms in total. The first kappa shape index (κ1) is 16.3.